The van der Waals surface area contributed by atoms with Gasteiger partial charge in [0.1, 0.15) is 0 Å². The van der Waals surface area contributed by atoms with Crippen LogP contribution in [0, 0.1) is 5.92 Å². The summed E-state index contributed by atoms with van der Waals surface area (Å²) in [5, 5.41) is 21.6. The molecule has 0 radical (unpaired) electrons. The van der Waals surface area contributed by atoms with Crippen LogP contribution in [0.3, 0.4) is 0 Å². The van der Waals surface area contributed by atoms with Crippen molar-refractivity contribution in [2.45, 2.75) is 51.3 Å². The number of nitrogens with zero attached hydrogens (tertiary/aromatic N) is 6. The second kappa shape index (κ2) is 7.02. The minimum Gasteiger partial charge on any atom is -0.392 e. The van der Waals surface area contributed by atoms with Crippen molar-refractivity contribution in [3.05, 3.63) is 5.82 Å². The molecule has 1 saturated heterocycles. The Morgan fingerprint density at radius 3 is 2.64 bits per heavy atom. The van der Waals surface area contributed by atoms with Crippen LogP contribution in [0.2, 0.25) is 0 Å². The van der Waals surface area contributed by atoms with Crippen LogP contribution in [0.1, 0.15) is 44.5 Å². The van der Waals surface area contributed by atoms with Gasteiger partial charge in [-0.25, -0.2) is 4.68 Å². The molecule has 0 bridgehead atoms. The number of aromatic nitrogens is 4. The van der Waals surface area contributed by atoms with Crippen LogP contribution in [0.15, 0.2) is 0 Å². The minimum atomic E-state index is -0.222. The number of tetrazole rings is 1. The highest BCUT2D eigenvalue weighted by Crippen LogP contribution is 2.34. The van der Waals surface area contributed by atoms with Crippen LogP contribution in [-0.4, -0.2) is 74.4 Å². The smallest absolute Gasteiger partial charge is 0.165 e. The maximum atomic E-state index is 9.46. The van der Waals surface area contributed by atoms with Crippen molar-refractivity contribution >= 4 is 0 Å². The van der Waals surface area contributed by atoms with Gasteiger partial charge in [-0.15, -0.1) is 5.10 Å². The average Bonchev–Trinajstić information content (AvgIpc) is 3.21. The van der Waals surface area contributed by atoms with E-state index in [0.29, 0.717) is 6.04 Å². The van der Waals surface area contributed by atoms with Gasteiger partial charge in [-0.3, -0.25) is 4.90 Å². The van der Waals surface area contributed by atoms with Gasteiger partial charge in [0.25, 0.3) is 0 Å². The fourth-order valence-electron chi connectivity index (χ4n) is 3.39. The van der Waals surface area contributed by atoms with E-state index in [4.69, 9.17) is 0 Å². The molecule has 2 heterocycles. The summed E-state index contributed by atoms with van der Waals surface area (Å²) in [5.41, 5.74) is 0. The third-order valence-electron chi connectivity index (χ3n) is 4.66. The van der Waals surface area contributed by atoms with Crippen molar-refractivity contribution in [2.75, 3.05) is 33.2 Å². The molecular formula is C15H28N6O. The molecule has 7 nitrogen and oxygen atoms in total. The van der Waals surface area contributed by atoms with Crippen LogP contribution in [0.4, 0.5) is 0 Å². The lowest BCUT2D eigenvalue weighted by molar-refractivity contribution is 0.0915. The monoisotopic (exact) mass is 308 g/mol. The summed E-state index contributed by atoms with van der Waals surface area (Å²) in [4.78, 5) is 4.72. The van der Waals surface area contributed by atoms with Crippen molar-refractivity contribution in [3.63, 3.8) is 0 Å². The number of β-amino-alcohol motifs (C(OH)–C–C–N with tert-alkyl or cyclic N) is 1. The van der Waals surface area contributed by atoms with Gasteiger partial charge in [0.15, 0.2) is 5.82 Å². The predicted molar refractivity (Wildman–Crippen MR) is 83.3 cm³/mol. The van der Waals surface area contributed by atoms with Crippen molar-refractivity contribution in [3.8, 4) is 0 Å². The maximum Gasteiger partial charge on any atom is 0.165 e. The standard InChI is InChI=1S/C15H28N6O/c1-12(22)9-20-7-5-13(6-8-20)10-19(2)11-15-16-17-18-21(15)14-3-4-14/h12-14,22H,3-11H2,1-2H3/t12-/m0/s1. The van der Waals surface area contributed by atoms with Crippen LogP contribution in [-0.2, 0) is 6.54 Å². The summed E-state index contributed by atoms with van der Waals surface area (Å²) in [5.74, 6) is 1.73. The molecule has 0 unspecified atom stereocenters. The zero-order valence-electron chi connectivity index (χ0n) is 13.7. The first-order valence-corrected chi connectivity index (χ1v) is 8.47. The Bertz CT molecular complexity index is 464. The summed E-state index contributed by atoms with van der Waals surface area (Å²) >= 11 is 0. The van der Waals surface area contributed by atoms with E-state index in [9.17, 15) is 5.11 Å². The fourth-order valence-corrected chi connectivity index (χ4v) is 3.39. The largest absolute Gasteiger partial charge is 0.392 e. The van der Waals surface area contributed by atoms with Gasteiger partial charge in [-0.05, 0) is 69.1 Å². The van der Waals surface area contributed by atoms with Crippen LogP contribution >= 0.6 is 0 Å². The number of hydrogen-bond acceptors (Lipinski definition) is 6. The predicted octanol–water partition coefficient (Wildman–Crippen LogP) is 0.533. The van der Waals surface area contributed by atoms with Gasteiger partial charge < -0.3 is 10.0 Å². The molecule has 1 N–H and O–H groups in total. The first kappa shape index (κ1) is 15.8. The van der Waals surface area contributed by atoms with Crippen molar-refractivity contribution in [1.29, 1.82) is 0 Å². The van der Waals surface area contributed by atoms with Crippen molar-refractivity contribution < 1.29 is 5.11 Å². The Balaban J connectivity index is 1.42. The molecule has 124 valence electrons. The lowest BCUT2D eigenvalue weighted by atomic mass is 9.96. The lowest BCUT2D eigenvalue weighted by Gasteiger charge is -2.34. The molecule has 3 rings (SSSR count). The topological polar surface area (TPSA) is 70.3 Å². The summed E-state index contributed by atoms with van der Waals surface area (Å²) in [6.45, 7) is 6.80. The molecule has 1 aliphatic carbocycles. The second-order valence-corrected chi connectivity index (χ2v) is 7.06. The van der Waals surface area contributed by atoms with Gasteiger partial charge in [0, 0.05) is 13.1 Å². The van der Waals surface area contributed by atoms with Gasteiger partial charge in [-0.1, -0.05) is 0 Å². The molecule has 1 aromatic heterocycles. The number of aliphatic hydroxyl groups excluding tert-OH is 1. The Morgan fingerprint density at radius 2 is 2.00 bits per heavy atom. The highest BCUT2D eigenvalue weighted by atomic mass is 16.3. The number of hydrogen-bond donors (Lipinski definition) is 1. The van der Waals surface area contributed by atoms with Crippen molar-refractivity contribution in [2.24, 2.45) is 5.92 Å². The van der Waals surface area contributed by atoms with E-state index in [1.54, 1.807) is 0 Å². The highest BCUT2D eigenvalue weighted by molar-refractivity contribution is 4.90. The van der Waals surface area contributed by atoms with Gasteiger partial charge in [-0.2, -0.15) is 0 Å². The molecule has 2 aliphatic rings. The molecule has 7 heteroatoms. The van der Waals surface area contributed by atoms with Crippen molar-refractivity contribution in [1.82, 2.24) is 30.0 Å². The Kier molecular flexibility index (Phi) is 5.05. The molecule has 0 aromatic carbocycles. The van der Waals surface area contributed by atoms with E-state index in [1.807, 2.05) is 11.6 Å². The number of likely N-dealkylation sites (tertiary alicyclic amines) is 1. The normalized spacial score (nSPS) is 22.4. The van der Waals surface area contributed by atoms with Gasteiger partial charge in [0.05, 0.1) is 18.7 Å². The average molecular weight is 308 g/mol. The Hall–Kier alpha value is -1.05. The summed E-state index contributed by atoms with van der Waals surface area (Å²) in [6, 6.07) is 0.544. The SMILES string of the molecule is C[C@H](O)CN1CCC(CN(C)Cc2nnnn2C2CC2)CC1. The zero-order chi connectivity index (χ0) is 15.5. The van der Waals surface area contributed by atoms with E-state index < -0.39 is 0 Å². The van der Waals surface area contributed by atoms with E-state index in [-0.39, 0.29) is 6.10 Å². The molecule has 2 fully saturated rings. The molecule has 1 aliphatic heterocycles. The molecule has 1 aromatic rings. The molecule has 22 heavy (non-hydrogen) atoms. The molecule has 0 spiro atoms. The number of rotatable bonds is 7. The van der Waals surface area contributed by atoms with Gasteiger partial charge in [0.2, 0.25) is 0 Å². The van der Waals surface area contributed by atoms with E-state index in [1.165, 1.54) is 25.7 Å². The lowest BCUT2D eigenvalue weighted by Crippen LogP contribution is -2.40. The Morgan fingerprint density at radius 1 is 1.27 bits per heavy atom. The highest BCUT2D eigenvalue weighted by Gasteiger charge is 2.28. The summed E-state index contributed by atoms with van der Waals surface area (Å²) in [7, 11) is 2.16. The first-order valence-electron chi connectivity index (χ1n) is 8.47. The van der Waals surface area contributed by atoms with E-state index in [0.717, 1.165) is 44.5 Å². The second-order valence-electron chi connectivity index (χ2n) is 7.06. The molecule has 1 atom stereocenters. The third-order valence-corrected chi connectivity index (χ3v) is 4.66. The van der Waals surface area contributed by atoms with E-state index in [2.05, 4.69) is 32.4 Å². The van der Waals surface area contributed by atoms with Crippen LogP contribution < -0.4 is 0 Å². The quantitative estimate of drug-likeness (QED) is 0.792. The number of aliphatic hydroxyl groups is 1. The Labute approximate surface area is 132 Å². The van der Waals surface area contributed by atoms with Crippen LogP contribution in [0.5, 0.6) is 0 Å². The minimum absolute atomic E-state index is 0.222. The van der Waals surface area contributed by atoms with E-state index >= 15 is 0 Å². The van der Waals surface area contributed by atoms with Gasteiger partial charge >= 0.3 is 0 Å². The summed E-state index contributed by atoms with van der Waals surface area (Å²) in [6.07, 6.45) is 4.63. The molecule has 1 saturated carbocycles. The third kappa shape index (κ3) is 4.24. The number of piperidine rings is 1. The fraction of sp³-hybridized carbons (Fsp3) is 0.933. The van der Waals surface area contributed by atoms with Crippen LogP contribution in [0.25, 0.3) is 0 Å². The molecular weight excluding hydrogens is 280 g/mol. The first-order chi connectivity index (χ1) is 10.6. The maximum absolute atomic E-state index is 9.46. The zero-order valence-corrected chi connectivity index (χ0v) is 13.7. The molecule has 0 amide bonds. The summed E-state index contributed by atoms with van der Waals surface area (Å²) < 4.78 is 2.00.